The van der Waals surface area contributed by atoms with Crippen LogP contribution in [0.25, 0.3) is 0 Å². The first-order valence-corrected chi connectivity index (χ1v) is 7.02. The number of ether oxygens (including phenoxy) is 1. The van der Waals surface area contributed by atoms with E-state index in [2.05, 4.69) is 32.6 Å². The quantitative estimate of drug-likeness (QED) is 0.643. The lowest BCUT2D eigenvalue weighted by atomic mass is 10.2. The molecule has 2 heteroatoms. The minimum absolute atomic E-state index is 0.146. The van der Waals surface area contributed by atoms with E-state index >= 15 is 0 Å². The van der Waals surface area contributed by atoms with Gasteiger partial charge in [0.1, 0.15) is 0 Å². The van der Waals surface area contributed by atoms with E-state index in [0.29, 0.717) is 0 Å². The first-order valence-electron chi connectivity index (χ1n) is 4.16. The molecule has 0 aromatic heterocycles. The van der Waals surface area contributed by atoms with Gasteiger partial charge in [0.25, 0.3) is 0 Å². The summed E-state index contributed by atoms with van der Waals surface area (Å²) in [5.41, 5.74) is 0. The first kappa shape index (κ1) is 11.3. The summed E-state index contributed by atoms with van der Waals surface area (Å²) in [6.45, 7) is 4.43. The van der Waals surface area contributed by atoms with Crippen molar-refractivity contribution >= 4 is 10.0 Å². The molecule has 0 aliphatic carbocycles. The molecule has 0 fully saturated rings. The van der Waals surface area contributed by atoms with E-state index in [1.54, 1.807) is 0 Å². The molecule has 0 atom stereocenters. The van der Waals surface area contributed by atoms with Gasteiger partial charge in [0, 0.05) is 7.11 Å². The zero-order valence-corrected chi connectivity index (χ0v) is 9.55. The fourth-order valence-corrected chi connectivity index (χ4v) is 3.89. The van der Waals surface area contributed by atoms with Crippen molar-refractivity contribution in [3.8, 4) is 0 Å². The average molecular weight is 178 g/mol. The summed E-state index contributed by atoms with van der Waals surface area (Å²) < 4.78 is 5.64. The summed E-state index contributed by atoms with van der Waals surface area (Å²) in [7, 11) is 1.24. The maximum atomic E-state index is 5.64. The van der Waals surface area contributed by atoms with Crippen molar-refractivity contribution in [1.82, 2.24) is 0 Å². The van der Waals surface area contributed by atoms with Gasteiger partial charge in [-0.25, -0.2) is 10.0 Å². The molecule has 0 spiro atoms. The van der Waals surface area contributed by atoms with Crippen LogP contribution in [-0.2, 0) is 4.74 Å². The second kappa shape index (κ2) is 3.81. The highest BCUT2D eigenvalue weighted by Crippen LogP contribution is 2.54. The molecule has 11 heavy (non-hydrogen) atoms. The van der Waals surface area contributed by atoms with Gasteiger partial charge in [-0.1, -0.05) is 13.8 Å². The summed E-state index contributed by atoms with van der Waals surface area (Å²) in [4.78, 5) is 0.146. The highest BCUT2D eigenvalue weighted by molar-refractivity contribution is 8.33. The molecule has 0 aromatic carbocycles. The second-order valence-corrected chi connectivity index (χ2v) is 8.08. The fourth-order valence-electron chi connectivity index (χ4n) is 1.65. The van der Waals surface area contributed by atoms with Crippen LogP contribution in [0.4, 0.5) is 0 Å². The highest BCUT2D eigenvalue weighted by Gasteiger charge is 2.34. The Morgan fingerprint density at radius 1 is 1.09 bits per heavy atom. The van der Waals surface area contributed by atoms with E-state index in [1.165, 1.54) is 0 Å². The molecule has 0 saturated heterocycles. The van der Waals surface area contributed by atoms with Crippen molar-refractivity contribution in [1.29, 1.82) is 0 Å². The van der Waals surface area contributed by atoms with Gasteiger partial charge in [-0.2, -0.15) is 0 Å². The van der Waals surface area contributed by atoms with Crippen LogP contribution in [0.2, 0.25) is 0 Å². The van der Waals surface area contributed by atoms with Gasteiger partial charge in [-0.3, -0.25) is 0 Å². The zero-order valence-electron chi connectivity index (χ0n) is 8.73. The van der Waals surface area contributed by atoms with Gasteiger partial charge in [0.2, 0.25) is 0 Å². The maximum absolute atomic E-state index is 5.64. The van der Waals surface area contributed by atoms with Crippen LogP contribution in [0.5, 0.6) is 0 Å². The molecule has 0 unspecified atom stereocenters. The summed E-state index contributed by atoms with van der Waals surface area (Å²) in [6, 6.07) is 0. The predicted octanol–water partition coefficient (Wildman–Crippen LogP) is 2.84. The van der Waals surface area contributed by atoms with E-state index in [9.17, 15) is 0 Å². The molecule has 0 heterocycles. The molecule has 1 nitrogen and oxygen atoms in total. The molecule has 0 rings (SSSR count). The Balaban J connectivity index is 4.54. The Kier molecular flexibility index (Phi) is 3.92. The van der Waals surface area contributed by atoms with Crippen molar-refractivity contribution in [2.24, 2.45) is 0 Å². The van der Waals surface area contributed by atoms with Crippen LogP contribution in [0, 0.1) is 0 Å². The molecule has 0 N–H and O–H groups in total. The van der Waals surface area contributed by atoms with Crippen LogP contribution in [0.3, 0.4) is 0 Å². The van der Waals surface area contributed by atoms with Crippen LogP contribution in [-0.4, -0.2) is 30.8 Å². The maximum Gasteiger partial charge on any atom is 0.0968 e. The Hall–Kier alpha value is 0.310. The molecule has 0 saturated carbocycles. The molecule has 0 aliphatic rings. The van der Waals surface area contributed by atoms with Crippen molar-refractivity contribution in [2.45, 2.75) is 31.6 Å². The monoisotopic (exact) mass is 178 g/mol. The molecular formula is C9H22OS. The molecule has 70 valence electrons. The van der Waals surface area contributed by atoms with Crippen molar-refractivity contribution < 1.29 is 4.74 Å². The Labute approximate surface area is 72.8 Å². The number of hydrogen-bond donors (Lipinski definition) is 0. The first-order chi connectivity index (χ1) is 4.93. The smallest absolute Gasteiger partial charge is 0.0968 e. The van der Waals surface area contributed by atoms with Crippen LogP contribution in [0.15, 0.2) is 0 Å². The molecule has 0 aliphatic heterocycles. The van der Waals surface area contributed by atoms with Crippen LogP contribution >= 0.6 is 10.0 Å². The molecule has 0 amide bonds. The standard InChI is InChI=1S/C9H22OS/c1-7-9(8-2,10-3)11(4,5)6/h7-8H2,1-6H3. The number of hydrogen-bond acceptors (Lipinski definition) is 1. The van der Waals surface area contributed by atoms with E-state index in [-0.39, 0.29) is 4.93 Å². The number of methoxy groups -OCH3 is 1. The molecule has 0 bridgehead atoms. The third-order valence-electron chi connectivity index (χ3n) is 2.57. The van der Waals surface area contributed by atoms with Gasteiger partial charge >= 0.3 is 0 Å². The van der Waals surface area contributed by atoms with Gasteiger partial charge in [-0.05, 0) is 31.6 Å². The topological polar surface area (TPSA) is 9.23 Å². The third kappa shape index (κ3) is 2.12. The zero-order chi connectivity index (χ0) is 9.12. The van der Waals surface area contributed by atoms with Gasteiger partial charge in [0.15, 0.2) is 0 Å². The fraction of sp³-hybridized carbons (Fsp3) is 1.00. The Morgan fingerprint density at radius 2 is 1.45 bits per heavy atom. The van der Waals surface area contributed by atoms with E-state index < -0.39 is 10.0 Å². The highest BCUT2D eigenvalue weighted by atomic mass is 32.3. The Morgan fingerprint density at radius 3 is 1.45 bits per heavy atom. The van der Waals surface area contributed by atoms with E-state index in [1.807, 2.05) is 7.11 Å². The third-order valence-corrected chi connectivity index (χ3v) is 5.54. The van der Waals surface area contributed by atoms with E-state index in [0.717, 1.165) is 12.8 Å². The van der Waals surface area contributed by atoms with Crippen molar-refractivity contribution in [3.05, 3.63) is 0 Å². The summed E-state index contributed by atoms with van der Waals surface area (Å²) in [5, 5.41) is 0. The van der Waals surface area contributed by atoms with Crippen molar-refractivity contribution in [2.75, 3.05) is 25.9 Å². The second-order valence-electron chi connectivity index (χ2n) is 3.66. The largest absolute Gasteiger partial charge is 0.369 e. The average Bonchev–Trinajstić information content (AvgIpc) is 1.90. The normalized spacial score (nSPS) is 15.1. The van der Waals surface area contributed by atoms with Crippen molar-refractivity contribution in [3.63, 3.8) is 0 Å². The SMILES string of the molecule is CCC(CC)(OC)S(C)(C)C. The lowest BCUT2D eigenvalue weighted by Gasteiger charge is -2.46. The van der Waals surface area contributed by atoms with Gasteiger partial charge in [-0.15, -0.1) is 0 Å². The van der Waals surface area contributed by atoms with E-state index in [4.69, 9.17) is 4.74 Å². The predicted molar refractivity (Wildman–Crippen MR) is 55.7 cm³/mol. The van der Waals surface area contributed by atoms with Crippen LogP contribution in [0.1, 0.15) is 26.7 Å². The minimum atomic E-state index is -0.599. The van der Waals surface area contributed by atoms with Gasteiger partial charge in [0.05, 0.1) is 4.93 Å². The lowest BCUT2D eigenvalue weighted by molar-refractivity contribution is 0.0613. The summed E-state index contributed by atoms with van der Waals surface area (Å²) in [5.74, 6) is 0. The lowest BCUT2D eigenvalue weighted by Crippen LogP contribution is -2.34. The van der Waals surface area contributed by atoms with Crippen LogP contribution < -0.4 is 0 Å². The minimum Gasteiger partial charge on any atom is -0.369 e. The summed E-state index contributed by atoms with van der Waals surface area (Å²) >= 11 is 0. The van der Waals surface area contributed by atoms with Gasteiger partial charge < -0.3 is 4.74 Å². The molecular weight excluding hydrogens is 156 g/mol. The number of rotatable bonds is 4. The Bertz CT molecular complexity index is 103. The molecule has 0 aromatic rings. The molecule has 0 radical (unpaired) electrons. The summed E-state index contributed by atoms with van der Waals surface area (Å²) in [6.07, 6.45) is 9.22.